The molecular formula is C28H35N3O5. The van der Waals surface area contributed by atoms with Crippen LogP contribution in [0.25, 0.3) is 0 Å². The van der Waals surface area contributed by atoms with E-state index in [1.165, 1.54) is 24.2 Å². The molecule has 0 radical (unpaired) electrons. The van der Waals surface area contributed by atoms with Gasteiger partial charge in [0.25, 0.3) is 5.91 Å². The number of hydrogen-bond donors (Lipinski definition) is 1. The predicted octanol–water partition coefficient (Wildman–Crippen LogP) is 4.44. The summed E-state index contributed by atoms with van der Waals surface area (Å²) in [5, 5.41) is 9.79. The maximum absolute atomic E-state index is 13.4. The van der Waals surface area contributed by atoms with Crippen molar-refractivity contribution in [1.82, 2.24) is 14.7 Å². The van der Waals surface area contributed by atoms with Gasteiger partial charge in [0.1, 0.15) is 6.61 Å². The van der Waals surface area contributed by atoms with Crippen LogP contribution in [0, 0.1) is 0 Å². The van der Waals surface area contributed by atoms with E-state index in [1.54, 1.807) is 0 Å². The quantitative estimate of drug-likeness (QED) is 0.641. The van der Waals surface area contributed by atoms with Gasteiger partial charge in [0.2, 0.25) is 0 Å². The third-order valence-corrected chi connectivity index (χ3v) is 7.38. The lowest BCUT2D eigenvalue weighted by Gasteiger charge is -2.44. The van der Waals surface area contributed by atoms with Crippen LogP contribution in [0.5, 0.6) is 11.5 Å². The third-order valence-electron chi connectivity index (χ3n) is 7.38. The first-order chi connectivity index (χ1) is 17.6. The zero-order valence-corrected chi connectivity index (χ0v) is 20.7. The third kappa shape index (κ3) is 5.59. The Morgan fingerprint density at radius 1 is 0.917 bits per heavy atom. The number of fused-ring (bicyclic) bond motifs is 1. The Balaban J connectivity index is 1.22. The van der Waals surface area contributed by atoms with Gasteiger partial charge in [-0.1, -0.05) is 30.7 Å². The average Bonchev–Trinajstić information content (AvgIpc) is 2.93. The van der Waals surface area contributed by atoms with E-state index < -0.39 is 6.09 Å². The van der Waals surface area contributed by atoms with Crippen LogP contribution < -0.4 is 9.47 Å². The molecule has 0 aliphatic carbocycles. The number of rotatable bonds is 6. The second-order valence-electron chi connectivity index (χ2n) is 9.93. The van der Waals surface area contributed by atoms with Gasteiger partial charge in [-0.05, 0) is 61.9 Å². The van der Waals surface area contributed by atoms with Gasteiger partial charge in [-0.15, -0.1) is 0 Å². The van der Waals surface area contributed by atoms with Gasteiger partial charge in [-0.3, -0.25) is 9.69 Å². The van der Waals surface area contributed by atoms with Crippen molar-refractivity contribution in [1.29, 1.82) is 0 Å². The molecule has 5 rings (SSSR count). The SMILES string of the molecule is O=C(O)N(Cc1ccc(C(=O)N2CCCCC2N2CCCCC2)cc1)CC1COc2ccccc2O1. The molecule has 2 aromatic rings. The highest BCUT2D eigenvalue weighted by molar-refractivity contribution is 5.94. The molecule has 3 heterocycles. The van der Waals surface area contributed by atoms with Crippen LogP contribution in [-0.2, 0) is 6.54 Å². The molecule has 8 heteroatoms. The molecule has 8 nitrogen and oxygen atoms in total. The van der Waals surface area contributed by atoms with Crippen LogP contribution in [0.2, 0.25) is 0 Å². The van der Waals surface area contributed by atoms with Gasteiger partial charge in [0.05, 0.1) is 12.7 Å². The number of likely N-dealkylation sites (tertiary alicyclic amines) is 2. The minimum Gasteiger partial charge on any atom is -0.486 e. The van der Waals surface area contributed by atoms with Crippen LogP contribution in [-0.4, -0.2) is 76.9 Å². The molecule has 2 fully saturated rings. The molecule has 0 saturated carbocycles. The predicted molar refractivity (Wildman–Crippen MR) is 135 cm³/mol. The highest BCUT2D eigenvalue weighted by Gasteiger charge is 2.32. The highest BCUT2D eigenvalue weighted by Crippen LogP contribution is 2.31. The average molecular weight is 494 g/mol. The van der Waals surface area contributed by atoms with Crippen molar-refractivity contribution in [2.24, 2.45) is 0 Å². The summed E-state index contributed by atoms with van der Waals surface area (Å²) in [5.41, 5.74) is 1.49. The van der Waals surface area contributed by atoms with E-state index in [0.717, 1.165) is 44.5 Å². The number of ether oxygens (including phenoxy) is 2. The molecule has 2 aromatic carbocycles. The summed E-state index contributed by atoms with van der Waals surface area (Å²) < 4.78 is 11.7. The Morgan fingerprint density at radius 2 is 1.64 bits per heavy atom. The lowest BCUT2D eigenvalue weighted by Crippen LogP contribution is -2.54. The first-order valence-electron chi connectivity index (χ1n) is 13.1. The number of piperidine rings is 2. The zero-order chi connectivity index (χ0) is 24.9. The van der Waals surface area contributed by atoms with Crippen LogP contribution in [0.15, 0.2) is 48.5 Å². The van der Waals surface area contributed by atoms with Crippen molar-refractivity contribution >= 4 is 12.0 Å². The number of para-hydroxylation sites is 2. The molecule has 36 heavy (non-hydrogen) atoms. The van der Waals surface area contributed by atoms with Crippen molar-refractivity contribution in [2.45, 2.75) is 57.3 Å². The zero-order valence-electron chi connectivity index (χ0n) is 20.7. The smallest absolute Gasteiger partial charge is 0.407 e. The summed E-state index contributed by atoms with van der Waals surface area (Å²) in [6.45, 7) is 3.63. The second kappa shape index (κ2) is 11.2. The standard InChI is InChI=1S/C28H35N3O5/c32-27(31-17-7-4-10-26(31)29-15-5-1-6-16-29)22-13-11-21(12-14-22)18-30(28(33)34)19-23-20-35-24-8-2-3-9-25(24)36-23/h2-3,8-9,11-14,23,26H,1,4-7,10,15-20H2,(H,33,34). The van der Waals surface area contributed by atoms with Crippen molar-refractivity contribution < 1.29 is 24.2 Å². The number of carboxylic acid groups (broad SMARTS) is 1. The number of amides is 2. The Morgan fingerprint density at radius 3 is 2.39 bits per heavy atom. The van der Waals surface area contributed by atoms with E-state index in [9.17, 15) is 14.7 Å². The number of carbonyl (C=O) groups excluding carboxylic acids is 1. The maximum Gasteiger partial charge on any atom is 0.407 e. The van der Waals surface area contributed by atoms with Crippen molar-refractivity contribution in [2.75, 3.05) is 32.8 Å². The fourth-order valence-electron chi connectivity index (χ4n) is 5.49. The van der Waals surface area contributed by atoms with Crippen LogP contribution in [0.1, 0.15) is 54.4 Å². The molecular weight excluding hydrogens is 458 g/mol. The van der Waals surface area contributed by atoms with Crippen LogP contribution >= 0.6 is 0 Å². The van der Waals surface area contributed by atoms with Crippen molar-refractivity contribution in [3.05, 3.63) is 59.7 Å². The van der Waals surface area contributed by atoms with Gasteiger partial charge < -0.3 is 24.4 Å². The fraction of sp³-hybridized carbons (Fsp3) is 0.500. The van der Waals surface area contributed by atoms with Gasteiger partial charge in [-0.2, -0.15) is 0 Å². The molecule has 2 saturated heterocycles. The summed E-state index contributed by atoms with van der Waals surface area (Å²) in [6, 6.07) is 14.8. The Kier molecular flexibility index (Phi) is 7.60. The fourth-order valence-corrected chi connectivity index (χ4v) is 5.49. The Bertz CT molecular complexity index is 1050. The first kappa shape index (κ1) is 24.4. The first-order valence-corrected chi connectivity index (χ1v) is 13.1. The van der Waals surface area contributed by atoms with E-state index in [2.05, 4.69) is 4.90 Å². The molecule has 0 spiro atoms. The number of benzene rings is 2. The van der Waals surface area contributed by atoms with Crippen molar-refractivity contribution in [3.63, 3.8) is 0 Å². The molecule has 3 aliphatic rings. The summed E-state index contributed by atoms with van der Waals surface area (Å²) in [6.07, 6.45) is 5.72. The largest absolute Gasteiger partial charge is 0.486 e. The monoisotopic (exact) mass is 493 g/mol. The van der Waals surface area contributed by atoms with E-state index in [-0.39, 0.29) is 31.3 Å². The number of carbonyl (C=O) groups is 2. The van der Waals surface area contributed by atoms with E-state index in [1.807, 2.05) is 53.4 Å². The minimum absolute atomic E-state index is 0.0679. The van der Waals surface area contributed by atoms with Crippen LogP contribution in [0.4, 0.5) is 4.79 Å². The van der Waals surface area contributed by atoms with Gasteiger partial charge >= 0.3 is 6.09 Å². The second-order valence-corrected chi connectivity index (χ2v) is 9.93. The van der Waals surface area contributed by atoms with E-state index in [0.29, 0.717) is 23.7 Å². The van der Waals surface area contributed by atoms with Crippen LogP contribution in [0.3, 0.4) is 0 Å². The number of nitrogens with zero attached hydrogens (tertiary/aromatic N) is 3. The topological polar surface area (TPSA) is 82.6 Å². The van der Waals surface area contributed by atoms with Gasteiger partial charge in [0.15, 0.2) is 17.6 Å². The highest BCUT2D eigenvalue weighted by atomic mass is 16.6. The minimum atomic E-state index is -1.02. The molecule has 3 aliphatic heterocycles. The summed E-state index contributed by atoms with van der Waals surface area (Å²) in [5.74, 6) is 1.37. The van der Waals surface area contributed by atoms with Crippen molar-refractivity contribution in [3.8, 4) is 11.5 Å². The molecule has 0 bridgehead atoms. The lowest BCUT2D eigenvalue weighted by atomic mass is 10.0. The van der Waals surface area contributed by atoms with Gasteiger partial charge in [-0.25, -0.2) is 4.79 Å². The van der Waals surface area contributed by atoms with Gasteiger partial charge in [0, 0.05) is 31.7 Å². The molecule has 2 atom stereocenters. The molecule has 2 amide bonds. The molecule has 192 valence electrons. The molecule has 1 N–H and O–H groups in total. The Hall–Kier alpha value is -3.26. The summed E-state index contributed by atoms with van der Waals surface area (Å²) in [4.78, 5) is 31.2. The maximum atomic E-state index is 13.4. The van der Waals surface area contributed by atoms with E-state index in [4.69, 9.17) is 9.47 Å². The Labute approximate surface area is 212 Å². The number of hydrogen-bond acceptors (Lipinski definition) is 5. The summed E-state index contributed by atoms with van der Waals surface area (Å²) in [7, 11) is 0. The molecule has 2 unspecified atom stereocenters. The van der Waals surface area contributed by atoms with E-state index >= 15 is 0 Å². The normalized spacial score (nSPS) is 22.2. The molecule has 0 aromatic heterocycles. The lowest BCUT2D eigenvalue weighted by molar-refractivity contribution is 0.00666. The summed E-state index contributed by atoms with van der Waals surface area (Å²) >= 11 is 0.